The molecule has 0 aromatic carbocycles. The second-order valence-corrected chi connectivity index (χ2v) is 2.90. The van der Waals surface area contributed by atoms with Gasteiger partial charge in [-0.1, -0.05) is 0 Å². The Balaban J connectivity index is 0.000000255. The van der Waals surface area contributed by atoms with E-state index in [1.807, 2.05) is 17.8 Å². The number of carbonyl (C=O) groups is 1. The van der Waals surface area contributed by atoms with Crippen LogP contribution in [0.5, 0.6) is 0 Å². The lowest BCUT2D eigenvalue weighted by atomic mass is 10.4. The molecule has 1 aromatic heterocycles. The molecule has 0 aliphatic rings. The summed E-state index contributed by atoms with van der Waals surface area (Å²) in [4.78, 5) is 9.34. The Labute approximate surface area is 83.2 Å². The first kappa shape index (κ1) is 12.6. The van der Waals surface area contributed by atoms with Crippen LogP contribution in [0.25, 0.3) is 0 Å². The van der Waals surface area contributed by atoms with Crippen LogP contribution in [-0.2, 0) is 18.4 Å². The van der Waals surface area contributed by atoms with E-state index in [1.165, 1.54) is 0 Å². The molecule has 14 heavy (non-hydrogen) atoms. The van der Waals surface area contributed by atoms with Crippen LogP contribution in [0.3, 0.4) is 0 Å². The van der Waals surface area contributed by atoms with E-state index in [9.17, 15) is 9.90 Å². The molecule has 1 N–H and O–H groups in total. The number of hydrogen-bond acceptors (Lipinski definition) is 3. The smallest absolute Gasteiger partial charge is 0.243 e. The number of aryl methyl sites for hydroxylation is 2. The molecule has 1 unspecified atom stereocenters. The van der Waals surface area contributed by atoms with Gasteiger partial charge in [-0.2, -0.15) is 0 Å². The SMILES string of the molecule is CC(O)C(=O)[O-].CCn1cc[n+](C)c1. The number of nitrogens with zero attached hydrogens (tertiary/aromatic N) is 2. The Morgan fingerprint density at radius 3 is 2.36 bits per heavy atom. The number of hydrogen-bond donors (Lipinski definition) is 1. The molecule has 80 valence electrons. The van der Waals surface area contributed by atoms with Gasteiger partial charge in [0.25, 0.3) is 0 Å². The third kappa shape index (κ3) is 5.31. The van der Waals surface area contributed by atoms with Gasteiger partial charge in [0.1, 0.15) is 12.4 Å². The largest absolute Gasteiger partial charge is 0.547 e. The van der Waals surface area contributed by atoms with Crippen LogP contribution in [0.1, 0.15) is 13.8 Å². The van der Waals surface area contributed by atoms with Crippen LogP contribution in [0.4, 0.5) is 0 Å². The summed E-state index contributed by atoms with van der Waals surface area (Å²) in [5.74, 6) is -1.44. The number of carboxylic acids is 1. The fourth-order valence-electron chi connectivity index (χ4n) is 0.689. The zero-order valence-electron chi connectivity index (χ0n) is 8.67. The van der Waals surface area contributed by atoms with Gasteiger partial charge in [-0.25, -0.2) is 9.13 Å². The van der Waals surface area contributed by atoms with E-state index < -0.39 is 12.1 Å². The van der Waals surface area contributed by atoms with Crippen LogP contribution in [0, 0.1) is 0 Å². The summed E-state index contributed by atoms with van der Waals surface area (Å²) < 4.78 is 4.16. The minimum Gasteiger partial charge on any atom is -0.547 e. The summed E-state index contributed by atoms with van der Waals surface area (Å²) in [6.07, 6.45) is 4.80. The summed E-state index contributed by atoms with van der Waals surface area (Å²) in [7, 11) is 2.02. The Hall–Kier alpha value is -1.36. The highest BCUT2D eigenvalue weighted by atomic mass is 16.4. The van der Waals surface area contributed by atoms with Gasteiger partial charge < -0.3 is 15.0 Å². The highest BCUT2D eigenvalue weighted by Gasteiger charge is 1.92. The summed E-state index contributed by atoms with van der Waals surface area (Å²) in [5, 5.41) is 17.3. The summed E-state index contributed by atoms with van der Waals surface area (Å²) in [5.41, 5.74) is 0. The number of aliphatic carboxylic acids is 1. The molecule has 0 aliphatic heterocycles. The second kappa shape index (κ2) is 6.15. The fraction of sp³-hybridized carbons (Fsp3) is 0.556. The molecule has 1 heterocycles. The lowest BCUT2D eigenvalue weighted by Gasteiger charge is -2.00. The molecule has 1 atom stereocenters. The van der Waals surface area contributed by atoms with Crippen molar-refractivity contribution in [3.8, 4) is 0 Å². The van der Waals surface area contributed by atoms with E-state index in [0.29, 0.717) is 0 Å². The van der Waals surface area contributed by atoms with Crippen molar-refractivity contribution in [1.29, 1.82) is 0 Å². The topological polar surface area (TPSA) is 69.2 Å². The molecule has 5 heteroatoms. The van der Waals surface area contributed by atoms with E-state index in [4.69, 9.17) is 5.11 Å². The van der Waals surface area contributed by atoms with E-state index in [-0.39, 0.29) is 0 Å². The molecule has 0 saturated heterocycles. The van der Waals surface area contributed by atoms with Crippen molar-refractivity contribution in [1.82, 2.24) is 4.57 Å². The lowest BCUT2D eigenvalue weighted by molar-refractivity contribution is -0.671. The van der Waals surface area contributed by atoms with Crippen molar-refractivity contribution >= 4 is 5.97 Å². The summed E-state index contributed by atoms with van der Waals surface area (Å²) >= 11 is 0. The van der Waals surface area contributed by atoms with Crippen molar-refractivity contribution < 1.29 is 19.6 Å². The monoisotopic (exact) mass is 200 g/mol. The zero-order valence-corrected chi connectivity index (χ0v) is 8.67. The summed E-state index contributed by atoms with van der Waals surface area (Å²) in [6.45, 7) is 4.32. The van der Waals surface area contributed by atoms with Crippen LogP contribution in [-0.4, -0.2) is 21.7 Å². The minimum absolute atomic E-state index is 1.06. The van der Waals surface area contributed by atoms with Gasteiger partial charge in [0, 0.05) is 0 Å². The van der Waals surface area contributed by atoms with Crippen molar-refractivity contribution in [2.75, 3.05) is 0 Å². The number of aliphatic hydroxyl groups excluding tert-OH is 1. The van der Waals surface area contributed by atoms with Gasteiger partial charge in [-0.3, -0.25) is 0 Å². The second-order valence-electron chi connectivity index (χ2n) is 2.90. The van der Waals surface area contributed by atoms with Gasteiger partial charge in [0.05, 0.1) is 25.7 Å². The first-order valence-electron chi connectivity index (χ1n) is 4.37. The number of rotatable bonds is 2. The zero-order chi connectivity index (χ0) is 11.1. The number of imidazole rings is 1. The molecular weight excluding hydrogens is 184 g/mol. The van der Waals surface area contributed by atoms with Gasteiger partial charge in [0.2, 0.25) is 6.33 Å². The van der Waals surface area contributed by atoms with Gasteiger partial charge >= 0.3 is 0 Å². The first-order chi connectivity index (χ1) is 6.47. The van der Waals surface area contributed by atoms with Crippen LogP contribution >= 0.6 is 0 Å². The normalized spacial score (nSPS) is 11.4. The molecule has 0 spiro atoms. The fourth-order valence-corrected chi connectivity index (χ4v) is 0.689. The highest BCUT2D eigenvalue weighted by molar-refractivity contribution is 5.68. The number of aliphatic hydroxyl groups is 1. The predicted molar refractivity (Wildman–Crippen MR) is 48.0 cm³/mol. The van der Waals surface area contributed by atoms with Crippen LogP contribution < -0.4 is 9.67 Å². The van der Waals surface area contributed by atoms with E-state index in [1.54, 1.807) is 0 Å². The molecule has 5 nitrogen and oxygen atoms in total. The van der Waals surface area contributed by atoms with Gasteiger partial charge in [-0.15, -0.1) is 0 Å². The molecule has 0 amide bonds. The number of carboxylic acid groups (broad SMARTS) is 1. The Bertz CT molecular complexity index is 281. The average Bonchev–Trinajstić information content (AvgIpc) is 2.52. The quantitative estimate of drug-likeness (QED) is 0.588. The molecule has 1 rings (SSSR count). The third-order valence-corrected chi connectivity index (χ3v) is 1.53. The van der Waals surface area contributed by atoms with Crippen LogP contribution in [0.2, 0.25) is 0 Å². The maximum absolute atomic E-state index is 9.34. The maximum atomic E-state index is 9.34. The molecule has 0 radical (unpaired) electrons. The lowest BCUT2D eigenvalue weighted by Crippen LogP contribution is -2.32. The van der Waals surface area contributed by atoms with E-state index in [2.05, 4.69) is 24.0 Å². The molecule has 0 aliphatic carbocycles. The van der Waals surface area contributed by atoms with E-state index >= 15 is 0 Å². The van der Waals surface area contributed by atoms with Crippen molar-refractivity contribution in [2.24, 2.45) is 7.05 Å². The Kier molecular flexibility index (Phi) is 5.55. The van der Waals surface area contributed by atoms with Crippen molar-refractivity contribution in [2.45, 2.75) is 26.5 Å². The average molecular weight is 200 g/mol. The van der Waals surface area contributed by atoms with Gasteiger partial charge in [0.15, 0.2) is 0 Å². The number of carbonyl (C=O) groups excluding carboxylic acids is 1. The first-order valence-corrected chi connectivity index (χ1v) is 4.37. The molecule has 0 fully saturated rings. The number of aromatic nitrogens is 2. The van der Waals surface area contributed by atoms with Gasteiger partial charge in [-0.05, 0) is 13.8 Å². The maximum Gasteiger partial charge on any atom is 0.243 e. The molecular formula is C9H16N2O3. The predicted octanol–water partition coefficient (Wildman–Crippen LogP) is -1.55. The Morgan fingerprint density at radius 2 is 2.21 bits per heavy atom. The minimum atomic E-state index is -1.44. The van der Waals surface area contributed by atoms with Crippen molar-refractivity contribution in [3.05, 3.63) is 18.7 Å². The summed E-state index contributed by atoms with van der Waals surface area (Å²) in [6, 6.07) is 0. The highest BCUT2D eigenvalue weighted by Crippen LogP contribution is 1.79. The van der Waals surface area contributed by atoms with E-state index in [0.717, 1.165) is 13.5 Å². The molecule has 0 saturated carbocycles. The third-order valence-electron chi connectivity index (χ3n) is 1.53. The van der Waals surface area contributed by atoms with Crippen molar-refractivity contribution in [3.63, 3.8) is 0 Å². The molecule has 1 aromatic rings. The Morgan fingerprint density at radius 1 is 1.71 bits per heavy atom. The molecule has 0 bridgehead atoms. The standard InChI is InChI=1S/C6H11N2.C3H6O3/c1-3-8-5-4-7(2)6-8;1-2(4)3(5)6/h4-6H,3H2,1-2H3;2,4H,1H3,(H,5,6)/q+1;/p-1. The van der Waals surface area contributed by atoms with Crippen LogP contribution in [0.15, 0.2) is 18.7 Å².